The minimum absolute atomic E-state index is 0.179. The molecule has 0 aromatic heterocycles. The fraction of sp³-hybridized carbons (Fsp3) is 1.00. The second-order valence-corrected chi connectivity index (χ2v) is 2.02. The van der Waals surface area contributed by atoms with Gasteiger partial charge in [-0.15, -0.1) is 0 Å². The van der Waals surface area contributed by atoms with E-state index in [0.717, 1.165) is 19.6 Å². The Balaban J connectivity index is 2.72. The lowest BCUT2D eigenvalue weighted by molar-refractivity contribution is -0.675. The topological polar surface area (TPSA) is 64.5 Å². The van der Waals surface area contributed by atoms with Crippen LogP contribution in [-0.2, 0) is 0 Å². The predicted octanol–water partition coefficient (Wildman–Crippen LogP) is -2.83. The Labute approximate surface area is 49.9 Å². The number of rotatable bonds is 4. The Morgan fingerprint density at radius 3 is 2.75 bits per heavy atom. The molecule has 0 aromatic rings. The molecular weight excluding hydrogens is 104 g/mol. The normalized spacial score (nSPS) is 13.9. The summed E-state index contributed by atoms with van der Waals surface area (Å²) in [5, 5.41) is 10.8. The molecule has 50 valence electrons. The number of nitrogens with two attached hydrogens (primary N) is 1. The maximum atomic E-state index is 8.73. The van der Waals surface area contributed by atoms with Crippen LogP contribution in [0.1, 0.15) is 6.92 Å². The Morgan fingerprint density at radius 1 is 1.75 bits per heavy atom. The van der Waals surface area contributed by atoms with Crippen LogP contribution in [0.4, 0.5) is 0 Å². The molecule has 0 spiro atoms. The van der Waals surface area contributed by atoms with Gasteiger partial charge < -0.3 is 16.2 Å². The van der Waals surface area contributed by atoms with Gasteiger partial charge in [0.2, 0.25) is 0 Å². The Kier molecular flexibility index (Phi) is 4.95. The van der Waals surface area contributed by atoms with Crippen LogP contribution in [0.25, 0.3) is 0 Å². The molecule has 3 nitrogen and oxygen atoms in total. The van der Waals surface area contributed by atoms with Gasteiger partial charge in [-0.25, -0.2) is 0 Å². The second kappa shape index (κ2) is 5.03. The molecule has 1 atom stereocenters. The van der Waals surface area contributed by atoms with E-state index < -0.39 is 0 Å². The van der Waals surface area contributed by atoms with Gasteiger partial charge in [0.25, 0.3) is 0 Å². The Hall–Kier alpha value is -0.120. The number of hydrogen-bond donors (Lipinski definition) is 3. The van der Waals surface area contributed by atoms with Crippen molar-refractivity contribution in [3.05, 3.63) is 0 Å². The average molecular weight is 120 g/mol. The first kappa shape index (κ1) is 7.88. The molecule has 0 aliphatic rings. The molecule has 0 heterocycles. The van der Waals surface area contributed by atoms with Crippen LogP contribution in [0.2, 0.25) is 0 Å². The van der Waals surface area contributed by atoms with E-state index in [1.54, 1.807) is 6.92 Å². The van der Waals surface area contributed by atoms with E-state index in [-0.39, 0.29) is 6.10 Å². The third-order valence-corrected chi connectivity index (χ3v) is 0.916. The highest BCUT2D eigenvalue weighted by Crippen LogP contribution is 1.65. The number of hydrogen-bond acceptors (Lipinski definition) is 1. The highest BCUT2D eigenvalue weighted by Gasteiger charge is 1.94. The molecule has 0 aromatic carbocycles. The highest BCUT2D eigenvalue weighted by molar-refractivity contribution is 4.35. The predicted molar refractivity (Wildman–Crippen MR) is 31.1 cm³/mol. The van der Waals surface area contributed by atoms with Crippen molar-refractivity contribution < 1.29 is 16.2 Å². The minimum atomic E-state index is -0.179. The van der Waals surface area contributed by atoms with E-state index in [1.165, 1.54) is 0 Å². The second-order valence-electron chi connectivity index (χ2n) is 2.02. The summed E-state index contributed by atoms with van der Waals surface area (Å²) in [4.78, 5) is 0. The lowest BCUT2D eigenvalue weighted by atomic mass is 10.4. The first-order valence-electron chi connectivity index (χ1n) is 3.06. The van der Waals surface area contributed by atoms with Crippen LogP contribution < -0.4 is 11.1 Å². The van der Waals surface area contributed by atoms with Crippen molar-refractivity contribution in [2.75, 3.05) is 19.6 Å². The van der Waals surface area contributed by atoms with Crippen molar-refractivity contribution in [1.82, 2.24) is 0 Å². The molecule has 3 heteroatoms. The SMILES string of the molecule is CC(O)C[NH2+]CC[NH3+]. The lowest BCUT2D eigenvalue weighted by Gasteiger charge is -1.99. The number of aliphatic hydroxyl groups excluding tert-OH is 1. The van der Waals surface area contributed by atoms with Crippen LogP contribution in [-0.4, -0.2) is 30.8 Å². The summed E-state index contributed by atoms with van der Waals surface area (Å²) >= 11 is 0. The zero-order chi connectivity index (χ0) is 6.41. The molecule has 0 radical (unpaired) electrons. The van der Waals surface area contributed by atoms with E-state index in [2.05, 4.69) is 11.1 Å². The molecule has 0 bridgehead atoms. The van der Waals surface area contributed by atoms with Gasteiger partial charge in [0.15, 0.2) is 0 Å². The van der Waals surface area contributed by atoms with Gasteiger partial charge in [-0.3, -0.25) is 0 Å². The highest BCUT2D eigenvalue weighted by atomic mass is 16.3. The fourth-order valence-corrected chi connectivity index (χ4v) is 0.503. The zero-order valence-electron chi connectivity index (χ0n) is 5.43. The van der Waals surface area contributed by atoms with Gasteiger partial charge >= 0.3 is 0 Å². The summed E-state index contributed by atoms with van der Waals surface area (Å²) in [7, 11) is 0. The van der Waals surface area contributed by atoms with Crippen LogP contribution in [0.15, 0.2) is 0 Å². The summed E-state index contributed by atoms with van der Waals surface area (Å²) < 4.78 is 0. The molecular formula is C5H16N2O+2. The third kappa shape index (κ3) is 5.88. The van der Waals surface area contributed by atoms with Gasteiger partial charge in [-0.1, -0.05) is 0 Å². The largest absolute Gasteiger partial charge is 0.388 e. The summed E-state index contributed by atoms with van der Waals surface area (Å²) in [6.45, 7) is 4.55. The van der Waals surface area contributed by atoms with Gasteiger partial charge in [0, 0.05) is 0 Å². The lowest BCUT2D eigenvalue weighted by Crippen LogP contribution is -2.89. The molecule has 0 fully saturated rings. The van der Waals surface area contributed by atoms with Crippen molar-refractivity contribution in [3.8, 4) is 0 Å². The molecule has 1 unspecified atom stereocenters. The van der Waals surface area contributed by atoms with E-state index in [0.29, 0.717) is 0 Å². The Morgan fingerprint density at radius 2 is 2.38 bits per heavy atom. The number of quaternary nitrogens is 2. The molecule has 0 saturated carbocycles. The molecule has 0 aliphatic heterocycles. The fourth-order valence-electron chi connectivity index (χ4n) is 0.503. The van der Waals surface area contributed by atoms with Crippen LogP contribution in [0.3, 0.4) is 0 Å². The number of aliphatic hydroxyl groups is 1. The monoisotopic (exact) mass is 120 g/mol. The quantitative estimate of drug-likeness (QED) is 0.344. The van der Waals surface area contributed by atoms with Gasteiger partial charge in [0.05, 0.1) is 6.10 Å². The van der Waals surface area contributed by atoms with Crippen LogP contribution in [0, 0.1) is 0 Å². The molecule has 0 aliphatic carbocycles. The molecule has 0 saturated heterocycles. The van der Waals surface area contributed by atoms with Crippen molar-refractivity contribution in [2.45, 2.75) is 13.0 Å². The summed E-state index contributed by atoms with van der Waals surface area (Å²) in [6.07, 6.45) is -0.179. The summed E-state index contributed by atoms with van der Waals surface area (Å²) in [5.74, 6) is 0. The van der Waals surface area contributed by atoms with Crippen molar-refractivity contribution in [1.29, 1.82) is 0 Å². The van der Waals surface area contributed by atoms with Gasteiger partial charge in [0.1, 0.15) is 19.6 Å². The first-order valence-corrected chi connectivity index (χ1v) is 3.06. The van der Waals surface area contributed by atoms with Crippen molar-refractivity contribution in [2.24, 2.45) is 0 Å². The average Bonchev–Trinajstić information content (AvgIpc) is 1.66. The zero-order valence-corrected chi connectivity index (χ0v) is 5.43. The van der Waals surface area contributed by atoms with Crippen LogP contribution in [0.5, 0.6) is 0 Å². The Bertz CT molecular complexity index is 47.7. The summed E-state index contributed by atoms with van der Waals surface area (Å²) in [5.41, 5.74) is 3.67. The maximum Gasteiger partial charge on any atom is 0.125 e. The minimum Gasteiger partial charge on any atom is -0.388 e. The molecule has 6 N–H and O–H groups in total. The maximum absolute atomic E-state index is 8.73. The summed E-state index contributed by atoms with van der Waals surface area (Å²) in [6, 6.07) is 0. The van der Waals surface area contributed by atoms with Crippen LogP contribution >= 0.6 is 0 Å². The van der Waals surface area contributed by atoms with Gasteiger partial charge in [-0.05, 0) is 6.92 Å². The molecule has 8 heavy (non-hydrogen) atoms. The van der Waals surface area contributed by atoms with E-state index in [9.17, 15) is 0 Å². The first-order chi connectivity index (χ1) is 3.77. The van der Waals surface area contributed by atoms with E-state index in [4.69, 9.17) is 5.11 Å². The van der Waals surface area contributed by atoms with Crippen molar-refractivity contribution in [3.63, 3.8) is 0 Å². The van der Waals surface area contributed by atoms with E-state index >= 15 is 0 Å². The van der Waals surface area contributed by atoms with E-state index in [1.807, 2.05) is 0 Å². The molecule has 0 rings (SSSR count). The van der Waals surface area contributed by atoms with Gasteiger partial charge in [-0.2, -0.15) is 0 Å². The standard InChI is InChI=1S/C5H14N2O/c1-5(8)4-7-3-2-6/h5,7-8H,2-4,6H2,1H3/p+2. The molecule has 0 amide bonds. The smallest absolute Gasteiger partial charge is 0.125 e. The third-order valence-electron chi connectivity index (χ3n) is 0.916. The van der Waals surface area contributed by atoms with Crippen molar-refractivity contribution >= 4 is 0 Å².